The maximum absolute atomic E-state index is 8.63. The zero-order valence-corrected chi connectivity index (χ0v) is 8.86. The first-order chi connectivity index (χ1) is 7.27. The van der Waals surface area contributed by atoms with Crippen LogP contribution >= 0.6 is 0 Å². The number of hydrogen-bond donors (Lipinski definition) is 1. The van der Waals surface area contributed by atoms with Gasteiger partial charge in [-0.3, -0.25) is 0 Å². The Bertz CT molecular complexity index is 355. The summed E-state index contributed by atoms with van der Waals surface area (Å²) >= 11 is 0. The summed E-state index contributed by atoms with van der Waals surface area (Å²) in [6.07, 6.45) is 1.31. The number of hydrogen-bond acceptors (Lipinski definition) is 3. The Hall–Kier alpha value is -1.53. The third-order valence-electron chi connectivity index (χ3n) is 2.11. The third kappa shape index (κ3) is 3.61. The van der Waals surface area contributed by atoms with Crippen LogP contribution in [0.1, 0.15) is 17.5 Å². The van der Waals surface area contributed by atoms with Crippen LogP contribution in [0.5, 0.6) is 5.75 Å². The van der Waals surface area contributed by atoms with E-state index in [1.807, 2.05) is 25.1 Å². The number of aliphatic hydroxyl groups excluding tert-OH is 1. The second-order valence-electron chi connectivity index (χ2n) is 3.33. The van der Waals surface area contributed by atoms with Crippen molar-refractivity contribution in [2.45, 2.75) is 19.8 Å². The highest BCUT2D eigenvalue weighted by molar-refractivity contribution is 5.36. The van der Waals surface area contributed by atoms with Gasteiger partial charge in [0.1, 0.15) is 12.4 Å². The molecular weight excluding hydrogens is 190 g/mol. The van der Waals surface area contributed by atoms with E-state index in [0.717, 1.165) is 23.3 Å². The van der Waals surface area contributed by atoms with Gasteiger partial charge in [-0.2, -0.15) is 5.26 Å². The zero-order chi connectivity index (χ0) is 11.1. The highest BCUT2D eigenvalue weighted by atomic mass is 16.5. The summed E-state index contributed by atoms with van der Waals surface area (Å²) in [5.74, 6) is 0.796. The molecule has 0 heterocycles. The number of nitriles is 1. The van der Waals surface area contributed by atoms with Crippen LogP contribution in [0.25, 0.3) is 0 Å². The molecule has 1 N–H and O–H groups in total. The van der Waals surface area contributed by atoms with Crippen molar-refractivity contribution < 1.29 is 9.84 Å². The Morgan fingerprint density at radius 1 is 1.47 bits per heavy atom. The van der Waals surface area contributed by atoms with Crippen LogP contribution in [0.4, 0.5) is 0 Å². The van der Waals surface area contributed by atoms with Crippen molar-refractivity contribution in [2.75, 3.05) is 13.2 Å². The Morgan fingerprint density at radius 3 is 2.87 bits per heavy atom. The van der Waals surface area contributed by atoms with Gasteiger partial charge in [0.15, 0.2) is 0 Å². The normalized spacial score (nSPS) is 9.67. The molecule has 80 valence electrons. The molecule has 3 heteroatoms. The van der Waals surface area contributed by atoms with Crippen LogP contribution in [-0.2, 0) is 6.42 Å². The van der Waals surface area contributed by atoms with E-state index in [1.165, 1.54) is 0 Å². The van der Waals surface area contributed by atoms with Gasteiger partial charge in [-0.15, -0.1) is 0 Å². The van der Waals surface area contributed by atoms with Crippen LogP contribution in [0.2, 0.25) is 0 Å². The van der Waals surface area contributed by atoms with E-state index in [4.69, 9.17) is 15.1 Å². The number of aryl methyl sites for hydroxylation is 2. The van der Waals surface area contributed by atoms with Crippen molar-refractivity contribution in [1.29, 1.82) is 5.26 Å². The number of nitrogens with zero attached hydrogens (tertiary/aromatic N) is 1. The molecule has 0 aliphatic rings. The molecule has 0 aliphatic heterocycles. The largest absolute Gasteiger partial charge is 0.491 e. The molecule has 0 fully saturated rings. The van der Waals surface area contributed by atoms with Crippen molar-refractivity contribution in [2.24, 2.45) is 0 Å². The van der Waals surface area contributed by atoms with Gasteiger partial charge in [-0.05, 0) is 30.5 Å². The minimum absolute atomic E-state index is 0.0234. The van der Waals surface area contributed by atoms with Gasteiger partial charge in [0.05, 0.1) is 12.7 Å². The molecule has 15 heavy (non-hydrogen) atoms. The molecule has 0 spiro atoms. The van der Waals surface area contributed by atoms with E-state index in [0.29, 0.717) is 13.0 Å². The van der Waals surface area contributed by atoms with Crippen molar-refractivity contribution in [3.05, 3.63) is 29.3 Å². The lowest BCUT2D eigenvalue weighted by Gasteiger charge is -2.08. The first-order valence-corrected chi connectivity index (χ1v) is 4.98. The Kier molecular flexibility index (Phi) is 4.65. The molecule has 0 atom stereocenters. The van der Waals surface area contributed by atoms with Crippen LogP contribution in [-0.4, -0.2) is 18.3 Å². The average Bonchev–Trinajstić information content (AvgIpc) is 2.25. The van der Waals surface area contributed by atoms with Gasteiger partial charge in [0.2, 0.25) is 0 Å². The lowest BCUT2D eigenvalue weighted by Crippen LogP contribution is -2.03. The third-order valence-corrected chi connectivity index (χ3v) is 2.11. The van der Waals surface area contributed by atoms with Gasteiger partial charge in [-0.1, -0.05) is 12.1 Å². The van der Waals surface area contributed by atoms with E-state index in [1.54, 1.807) is 0 Å². The minimum atomic E-state index is 0.0234. The fraction of sp³-hybridized carbons (Fsp3) is 0.417. The molecule has 1 aromatic carbocycles. The molecule has 0 saturated carbocycles. The Morgan fingerprint density at radius 2 is 2.27 bits per heavy atom. The lowest BCUT2D eigenvalue weighted by atomic mass is 10.1. The molecule has 0 aromatic heterocycles. The minimum Gasteiger partial charge on any atom is -0.491 e. The molecule has 1 aromatic rings. The summed E-state index contributed by atoms with van der Waals surface area (Å²) in [6.45, 7) is 2.30. The van der Waals surface area contributed by atoms with Crippen molar-refractivity contribution in [1.82, 2.24) is 0 Å². The smallest absolute Gasteiger partial charge is 0.122 e. The highest BCUT2D eigenvalue weighted by Crippen LogP contribution is 2.19. The van der Waals surface area contributed by atoms with E-state index in [2.05, 4.69) is 6.07 Å². The predicted molar refractivity (Wildman–Crippen MR) is 57.7 cm³/mol. The van der Waals surface area contributed by atoms with E-state index < -0.39 is 0 Å². The topological polar surface area (TPSA) is 53.2 Å². The molecule has 0 saturated heterocycles. The van der Waals surface area contributed by atoms with Gasteiger partial charge in [0.25, 0.3) is 0 Å². The summed E-state index contributed by atoms with van der Waals surface area (Å²) in [4.78, 5) is 0. The van der Waals surface area contributed by atoms with Crippen molar-refractivity contribution in [3.8, 4) is 11.8 Å². The van der Waals surface area contributed by atoms with Crippen molar-refractivity contribution >= 4 is 0 Å². The average molecular weight is 205 g/mol. The molecule has 0 bridgehead atoms. The summed E-state index contributed by atoms with van der Waals surface area (Å²) in [6, 6.07) is 7.98. The first kappa shape index (κ1) is 11.5. The van der Waals surface area contributed by atoms with Crippen LogP contribution in [0, 0.1) is 18.3 Å². The summed E-state index contributed by atoms with van der Waals surface area (Å²) < 4.78 is 5.33. The molecule has 0 amide bonds. The number of benzene rings is 1. The molecule has 0 radical (unpaired) electrons. The molecular formula is C12H15NO2. The summed E-state index contributed by atoms with van der Waals surface area (Å²) in [5.41, 5.74) is 2.18. The Labute approximate surface area is 89.9 Å². The molecule has 3 nitrogen and oxygen atoms in total. The number of ether oxygens (including phenoxy) is 1. The van der Waals surface area contributed by atoms with Crippen LogP contribution < -0.4 is 4.74 Å². The number of rotatable bonds is 5. The molecule has 0 unspecified atom stereocenters. The first-order valence-electron chi connectivity index (χ1n) is 4.98. The summed E-state index contributed by atoms with van der Waals surface area (Å²) in [7, 11) is 0. The molecule has 1 rings (SSSR count). The number of aliphatic hydroxyl groups is 1. The lowest BCUT2D eigenvalue weighted by molar-refractivity contribution is 0.200. The van der Waals surface area contributed by atoms with E-state index in [-0.39, 0.29) is 6.61 Å². The zero-order valence-electron chi connectivity index (χ0n) is 8.86. The van der Waals surface area contributed by atoms with Gasteiger partial charge < -0.3 is 9.84 Å². The fourth-order valence-electron chi connectivity index (χ4n) is 1.38. The van der Waals surface area contributed by atoms with E-state index in [9.17, 15) is 0 Å². The predicted octanol–water partition coefficient (Wildman–Crippen LogP) is 1.82. The van der Waals surface area contributed by atoms with Gasteiger partial charge in [-0.25, -0.2) is 0 Å². The second kappa shape index (κ2) is 6.05. The quantitative estimate of drug-likeness (QED) is 0.797. The van der Waals surface area contributed by atoms with Crippen LogP contribution in [0.15, 0.2) is 18.2 Å². The SMILES string of the molecule is Cc1cc(CCC#N)ccc1OCCO. The van der Waals surface area contributed by atoms with Gasteiger partial charge >= 0.3 is 0 Å². The highest BCUT2D eigenvalue weighted by Gasteiger charge is 2.00. The maximum Gasteiger partial charge on any atom is 0.122 e. The summed E-state index contributed by atoms with van der Waals surface area (Å²) in [5, 5.41) is 17.1. The van der Waals surface area contributed by atoms with E-state index >= 15 is 0 Å². The second-order valence-corrected chi connectivity index (χ2v) is 3.33. The van der Waals surface area contributed by atoms with Crippen molar-refractivity contribution in [3.63, 3.8) is 0 Å². The standard InChI is InChI=1S/C12H15NO2/c1-10-9-11(3-2-6-13)4-5-12(10)15-8-7-14/h4-5,9,14H,2-3,7-8H2,1H3. The molecule has 0 aliphatic carbocycles. The maximum atomic E-state index is 8.63. The van der Waals surface area contributed by atoms with Gasteiger partial charge in [0, 0.05) is 6.42 Å². The fourth-order valence-corrected chi connectivity index (χ4v) is 1.38. The monoisotopic (exact) mass is 205 g/mol. The van der Waals surface area contributed by atoms with Crippen LogP contribution in [0.3, 0.4) is 0 Å². The Balaban J connectivity index is 2.66.